The lowest BCUT2D eigenvalue weighted by Gasteiger charge is -2.32. The van der Waals surface area contributed by atoms with Gasteiger partial charge in [0.1, 0.15) is 12.5 Å². The van der Waals surface area contributed by atoms with Crippen LogP contribution in [-0.4, -0.2) is 34.3 Å². The van der Waals surface area contributed by atoms with Crippen molar-refractivity contribution in [1.29, 1.82) is 5.26 Å². The second-order valence-corrected chi connectivity index (χ2v) is 7.15. The Kier molecular flexibility index (Phi) is 8.43. The maximum Gasteiger partial charge on any atom is 0.336 e. The van der Waals surface area contributed by atoms with Crippen LogP contribution >= 0.6 is 0 Å². The van der Waals surface area contributed by atoms with Crippen molar-refractivity contribution in [3.8, 4) is 6.07 Å². The van der Waals surface area contributed by atoms with E-state index < -0.39 is 28.7 Å². The van der Waals surface area contributed by atoms with E-state index >= 15 is 0 Å². The Hall–Kier alpha value is -3.54. The third kappa shape index (κ3) is 5.54. The van der Waals surface area contributed by atoms with Crippen LogP contribution < -0.4 is 0 Å². The smallest absolute Gasteiger partial charge is 0.336 e. The van der Waals surface area contributed by atoms with Crippen molar-refractivity contribution in [3.63, 3.8) is 0 Å². The summed E-state index contributed by atoms with van der Waals surface area (Å²) in [5.41, 5.74) is 1.40. The number of aliphatic imine (C=N–C) groups is 1. The molecule has 0 saturated carbocycles. The van der Waals surface area contributed by atoms with Gasteiger partial charge in [0.2, 0.25) is 0 Å². The molecular formula is C22H25N3O6. The number of carbonyl (C=O) groups is 2. The van der Waals surface area contributed by atoms with Crippen LogP contribution in [0.3, 0.4) is 0 Å². The molecule has 2 atom stereocenters. The quantitative estimate of drug-likeness (QED) is 0.256. The highest BCUT2D eigenvalue weighted by Gasteiger charge is 2.43. The zero-order valence-electron chi connectivity index (χ0n) is 17.5. The first-order valence-electron chi connectivity index (χ1n) is 10.2. The molecule has 0 spiro atoms. The predicted molar refractivity (Wildman–Crippen MR) is 112 cm³/mol. The molecule has 0 aliphatic carbocycles. The van der Waals surface area contributed by atoms with Gasteiger partial charge in [-0.05, 0) is 18.4 Å². The molecule has 9 heteroatoms. The number of nitriles is 1. The van der Waals surface area contributed by atoms with Crippen LogP contribution in [0.2, 0.25) is 0 Å². The van der Waals surface area contributed by atoms with E-state index in [4.69, 9.17) is 10.00 Å². The summed E-state index contributed by atoms with van der Waals surface area (Å²) < 4.78 is 5.25. The molecule has 0 aromatic heterocycles. The number of aliphatic carboxylic acids is 1. The molecule has 1 aromatic carbocycles. The summed E-state index contributed by atoms with van der Waals surface area (Å²) in [6.45, 7) is 3.72. The van der Waals surface area contributed by atoms with E-state index in [-0.39, 0.29) is 24.3 Å². The van der Waals surface area contributed by atoms with Crippen LogP contribution in [0.4, 0.5) is 5.69 Å². The second-order valence-electron chi connectivity index (χ2n) is 7.15. The molecule has 0 radical (unpaired) electrons. The largest absolute Gasteiger partial charge is 0.481 e. The number of benzene rings is 1. The fourth-order valence-corrected chi connectivity index (χ4v) is 3.70. The fraction of sp³-hybridized carbons (Fsp3) is 0.455. The Morgan fingerprint density at radius 2 is 1.87 bits per heavy atom. The van der Waals surface area contributed by atoms with Gasteiger partial charge in [0.05, 0.1) is 28.7 Å². The van der Waals surface area contributed by atoms with Crippen molar-refractivity contribution >= 4 is 23.3 Å². The Balaban J connectivity index is 2.67. The maximum atomic E-state index is 13.0. The summed E-state index contributed by atoms with van der Waals surface area (Å²) in [6, 6.07) is 7.42. The minimum atomic E-state index is -1.13. The number of rotatable bonds is 10. The lowest BCUT2D eigenvalue weighted by atomic mass is 9.74. The summed E-state index contributed by atoms with van der Waals surface area (Å²) >= 11 is 0. The van der Waals surface area contributed by atoms with Crippen LogP contribution in [0.5, 0.6) is 0 Å². The van der Waals surface area contributed by atoms with E-state index in [1.165, 1.54) is 24.3 Å². The van der Waals surface area contributed by atoms with E-state index in [0.29, 0.717) is 42.7 Å². The molecule has 31 heavy (non-hydrogen) atoms. The Morgan fingerprint density at radius 1 is 1.23 bits per heavy atom. The molecule has 0 fully saturated rings. The number of allylic oxidation sites excluding steroid dienone is 1. The Labute approximate surface area is 180 Å². The van der Waals surface area contributed by atoms with Gasteiger partial charge >= 0.3 is 11.9 Å². The van der Waals surface area contributed by atoms with Gasteiger partial charge in [-0.2, -0.15) is 5.26 Å². The number of non-ortho nitro benzene ring substituents is 1. The number of hydrogen-bond donors (Lipinski definition) is 1. The lowest BCUT2D eigenvalue weighted by Crippen LogP contribution is -2.37. The summed E-state index contributed by atoms with van der Waals surface area (Å²) in [5.74, 6) is -3.84. The maximum absolute atomic E-state index is 13.0. The normalized spacial score (nSPS) is 18.2. The molecule has 1 aliphatic heterocycles. The molecule has 2 rings (SSSR count). The summed E-state index contributed by atoms with van der Waals surface area (Å²) in [4.78, 5) is 40.3. The van der Waals surface area contributed by atoms with E-state index in [0.717, 1.165) is 0 Å². The molecular weight excluding hydrogens is 402 g/mol. The van der Waals surface area contributed by atoms with Crippen LogP contribution in [0.25, 0.3) is 0 Å². The number of nitrogens with zero attached hydrogens (tertiary/aromatic N) is 3. The fourth-order valence-electron chi connectivity index (χ4n) is 3.70. The summed E-state index contributed by atoms with van der Waals surface area (Å²) in [7, 11) is 0. The third-order valence-corrected chi connectivity index (χ3v) is 4.98. The van der Waals surface area contributed by atoms with Gasteiger partial charge in [0.15, 0.2) is 0 Å². The van der Waals surface area contributed by atoms with Crippen LogP contribution in [0.15, 0.2) is 40.5 Å². The molecule has 1 N–H and O–H groups in total. The van der Waals surface area contributed by atoms with Crippen LogP contribution in [0.1, 0.15) is 57.4 Å². The minimum Gasteiger partial charge on any atom is -0.481 e. The Morgan fingerprint density at radius 3 is 2.39 bits per heavy atom. The molecule has 2 unspecified atom stereocenters. The van der Waals surface area contributed by atoms with Crippen molar-refractivity contribution < 1.29 is 24.4 Å². The van der Waals surface area contributed by atoms with E-state index in [9.17, 15) is 24.8 Å². The van der Waals surface area contributed by atoms with E-state index in [2.05, 4.69) is 4.99 Å². The van der Waals surface area contributed by atoms with Crippen molar-refractivity contribution in [1.82, 2.24) is 0 Å². The first-order valence-corrected chi connectivity index (χ1v) is 10.2. The van der Waals surface area contributed by atoms with Gasteiger partial charge in [0.25, 0.3) is 5.69 Å². The zero-order valence-corrected chi connectivity index (χ0v) is 17.5. The molecule has 0 bridgehead atoms. The first kappa shape index (κ1) is 23.7. The molecule has 0 saturated heterocycles. The number of carbonyl (C=O) groups excluding carboxylic acids is 1. The van der Waals surface area contributed by atoms with Crippen molar-refractivity contribution in [2.75, 3.05) is 6.61 Å². The summed E-state index contributed by atoms with van der Waals surface area (Å²) in [5, 5.41) is 29.8. The average molecular weight is 427 g/mol. The van der Waals surface area contributed by atoms with Gasteiger partial charge in [-0.25, -0.2) is 4.79 Å². The highest BCUT2D eigenvalue weighted by Crippen LogP contribution is 2.42. The second kappa shape index (κ2) is 11.0. The average Bonchev–Trinajstić information content (AvgIpc) is 2.73. The number of nitro groups is 1. The first-order chi connectivity index (χ1) is 14.8. The Bertz CT molecular complexity index is 943. The van der Waals surface area contributed by atoms with E-state index in [1.807, 2.05) is 19.9 Å². The molecule has 1 heterocycles. The van der Waals surface area contributed by atoms with Crippen LogP contribution in [0, 0.1) is 27.4 Å². The molecule has 1 aliphatic rings. The summed E-state index contributed by atoms with van der Waals surface area (Å²) in [6.07, 6.45) is 2.27. The number of esters is 1. The highest BCUT2D eigenvalue weighted by molar-refractivity contribution is 6.07. The van der Waals surface area contributed by atoms with Crippen LogP contribution in [-0.2, 0) is 14.3 Å². The van der Waals surface area contributed by atoms with Gasteiger partial charge in [-0.15, -0.1) is 0 Å². The van der Waals surface area contributed by atoms with Gasteiger partial charge < -0.3 is 9.84 Å². The number of nitro benzene ring substituents is 1. The van der Waals surface area contributed by atoms with E-state index in [1.54, 1.807) is 0 Å². The predicted octanol–water partition coefficient (Wildman–Crippen LogP) is 4.14. The van der Waals surface area contributed by atoms with Gasteiger partial charge in [-0.3, -0.25) is 19.9 Å². The SMILES string of the molecule is CCCC1=NC(CCC)=C(C(=O)OCCC#N)C(c2ccc([N+](=O)[O-])cc2)C1C(=O)O. The molecule has 0 amide bonds. The highest BCUT2D eigenvalue weighted by atomic mass is 16.6. The van der Waals surface area contributed by atoms with Crippen molar-refractivity contribution in [3.05, 3.63) is 51.2 Å². The number of hydrogen-bond acceptors (Lipinski definition) is 7. The number of carboxylic acid groups (broad SMARTS) is 1. The molecule has 9 nitrogen and oxygen atoms in total. The number of carboxylic acids is 1. The van der Waals surface area contributed by atoms with Gasteiger partial charge in [-0.1, -0.05) is 38.8 Å². The third-order valence-electron chi connectivity index (χ3n) is 4.98. The number of ether oxygens (including phenoxy) is 1. The lowest BCUT2D eigenvalue weighted by molar-refractivity contribution is -0.384. The minimum absolute atomic E-state index is 0.0110. The molecule has 1 aromatic rings. The van der Waals surface area contributed by atoms with Gasteiger partial charge in [0, 0.05) is 23.8 Å². The standard InChI is InChI=1S/C22H25N3O6/c1-3-6-16-19(21(26)27)18(14-8-10-15(11-9-14)25(29)30)20(17(24-16)7-4-2)22(28)31-13-5-12-23/h8-11,18-19H,3-7,13H2,1-2H3,(H,26,27). The van der Waals surface area contributed by atoms with Crippen molar-refractivity contribution in [2.45, 2.75) is 51.9 Å². The van der Waals surface area contributed by atoms with Crippen molar-refractivity contribution in [2.24, 2.45) is 10.9 Å². The molecule has 164 valence electrons. The topological polar surface area (TPSA) is 143 Å². The monoisotopic (exact) mass is 427 g/mol. The zero-order chi connectivity index (χ0) is 23.0.